The Labute approximate surface area is 335 Å². The number of esters is 1. The lowest BCUT2D eigenvalue weighted by atomic mass is 9.78. The van der Waals surface area contributed by atoms with Crippen LogP contribution in [0.4, 0.5) is 17.3 Å². The number of hydrogen-bond acceptors (Lipinski definition) is 13. The first-order valence-corrected chi connectivity index (χ1v) is 21.0. The predicted octanol–water partition coefficient (Wildman–Crippen LogP) is 6.93. The maximum Gasteiger partial charge on any atom is 0.317 e. The predicted molar refractivity (Wildman–Crippen MR) is 221 cm³/mol. The molecule has 0 spiro atoms. The second kappa shape index (κ2) is 17.2. The molecule has 3 unspecified atom stereocenters. The van der Waals surface area contributed by atoms with Crippen LogP contribution in [0.5, 0.6) is 5.75 Å². The molecule has 2 bridgehead atoms. The highest BCUT2D eigenvalue weighted by Gasteiger charge is 2.34. The van der Waals surface area contributed by atoms with Gasteiger partial charge in [0, 0.05) is 50.2 Å². The number of aromatic nitrogens is 5. The average molecular weight is 776 g/mol. The molecule has 4 aromatic rings. The summed E-state index contributed by atoms with van der Waals surface area (Å²) >= 11 is 0. The van der Waals surface area contributed by atoms with E-state index in [-0.39, 0.29) is 17.6 Å². The molecule has 3 atom stereocenters. The number of phenols is 1. The summed E-state index contributed by atoms with van der Waals surface area (Å²) in [6.45, 7) is 13.2. The number of fused-ring (bicyclic) bond motifs is 2. The fourth-order valence-electron chi connectivity index (χ4n) is 9.55. The van der Waals surface area contributed by atoms with Gasteiger partial charge in [0.1, 0.15) is 11.7 Å². The number of nitrogen functional groups attached to an aromatic ring is 1. The number of piperidine rings is 3. The molecule has 3 saturated heterocycles. The number of phenolic OH excluding ortho intramolecular Hbond substituents is 1. The van der Waals surface area contributed by atoms with Gasteiger partial charge in [-0.15, -0.1) is 10.2 Å². The molecule has 302 valence electrons. The Hall–Kier alpha value is -5.04. The second-order valence-electron chi connectivity index (χ2n) is 16.9. The summed E-state index contributed by atoms with van der Waals surface area (Å²) < 4.78 is 11.0. The number of hydrogen-bond donors (Lipinski definition) is 2. The number of rotatable bonds is 12. The van der Waals surface area contributed by atoms with E-state index in [0.29, 0.717) is 53.1 Å². The van der Waals surface area contributed by atoms with E-state index in [1.165, 1.54) is 17.6 Å². The molecule has 3 N–H and O–H groups in total. The van der Waals surface area contributed by atoms with Crippen LogP contribution in [0.2, 0.25) is 0 Å². The van der Waals surface area contributed by atoms with Gasteiger partial charge in [0.2, 0.25) is 0 Å². The monoisotopic (exact) mass is 775 g/mol. The summed E-state index contributed by atoms with van der Waals surface area (Å²) in [5.74, 6) is 4.31. The quantitative estimate of drug-likeness (QED) is 0.143. The summed E-state index contributed by atoms with van der Waals surface area (Å²) in [4.78, 5) is 29.6. The van der Waals surface area contributed by atoms with Crippen LogP contribution in [0.25, 0.3) is 16.8 Å². The van der Waals surface area contributed by atoms with E-state index < -0.39 is 5.92 Å². The summed E-state index contributed by atoms with van der Waals surface area (Å²) in [5, 5.41) is 23.3. The normalized spacial score (nSPS) is 21.4. The number of para-hydroxylation sites is 1. The number of aromatic hydroxyl groups is 1. The third-order valence-corrected chi connectivity index (χ3v) is 12.7. The molecule has 1 aliphatic carbocycles. The first kappa shape index (κ1) is 38.8. The molecule has 0 amide bonds. The third kappa shape index (κ3) is 8.78. The van der Waals surface area contributed by atoms with Gasteiger partial charge in [0.25, 0.3) is 0 Å². The molecule has 3 fully saturated rings. The Bertz CT molecular complexity index is 2020. The van der Waals surface area contributed by atoms with Gasteiger partial charge in [-0.1, -0.05) is 37.2 Å². The Kier molecular flexibility index (Phi) is 11.7. The number of nitrogens with zero attached hydrogens (tertiary/aromatic N) is 8. The largest absolute Gasteiger partial charge is 0.507 e. The zero-order chi connectivity index (χ0) is 39.5. The molecule has 3 aliphatic heterocycles. The minimum absolute atomic E-state index is 0.0707. The summed E-state index contributed by atoms with van der Waals surface area (Å²) in [5.41, 5.74) is 11.0. The summed E-state index contributed by atoms with van der Waals surface area (Å²) in [7, 11) is 0. The minimum Gasteiger partial charge on any atom is -0.507 e. The van der Waals surface area contributed by atoms with Gasteiger partial charge in [0.05, 0.1) is 18.0 Å². The van der Waals surface area contributed by atoms with Crippen LogP contribution < -0.4 is 15.5 Å². The van der Waals surface area contributed by atoms with Crippen molar-refractivity contribution in [2.24, 2.45) is 23.7 Å². The SMILES string of the molecule is CCOC(=O)C(c1cc(N2CCC(CCN3CCC(c4cnc(C5=CC6CC(C5)CN(c5cc(-c7ccccc7O)nnc5N)C6)nc4)CC3)CC2)no1)C(C)C. The number of carbonyl (C=O) groups excluding carboxylic acids is 1. The van der Waals surface area contributed by atoms with Gasteiger partial charge in [-0.25, -0.2) is 9.97 Å². The fraction of sp³-hybridized carbons (Fsp3) is 0.545. The minimum atomic E-state index is -0.431. The van der Waals surface area contributed by atoms with Gasteiger partial charge < -0.3 is 34.8 Å². The molecule has 8 rings (SSSR count). The molecule has 0 saturated carbocycles. The van der Waals surface area contributed by atoms with Crippen molar-refractivity contribution in [3.05, 3.63) is 72.0 Å². The molecule has 13 heteroatoms. The van der Waals surface area contributed by atoms with Crippen molar-refractivity contribution in [3.63, 3.8) is 0 Å². The van der Waals surface area contributed by atoms with E-state index in [0.717, 1.165) is 102 Å². The number of benzene rings is 1. The number of likely N-dealkylation sites (tertiary alicyclic amines) is 1. The van der Waals surface area contributed by atoms with Crippen molar-refractivity contribution in [3.8, 4) is 17.0 Å². The van der Waals surface area contributed by atoms with E-state index in [1.54, 1.807) is 12.1 Å². The van der Waals surface area contributed by atoms with Crippen molar-refractivity contribution in [1.29, 1.82) is 0 Å². The van der Waals surface area contributed by atoms with Crippen molar-refractivity contribution >= 4 is 28.9 Å². The first-order chi connectivity index (χ1) is 27.7. The van der Waals surface area contributed by atoms with Crippen LogP contribution >= 0.6 is 0 Å². The van der Waals surface area contributed by atoms with Gasteiger partial charge in [0.15, 0.2) is 23.2 Å². The zero-order valence-corrected chi connectivity index (χ0v) is 33.6. The van der Waals surface area contributed by atoms with Crippen LogP contribution in [-0.2, 0) is 9.53 Å². The van der Waals surface area contributed by atoms with E-state index in [1.807, 2.05) is 45.0 Å². The molecular weight excluding hydrogens is 719 g/mol. The summed E-state index contributed by atoms with van der Waals surface area (Å²) in [6.07, 6.45) is 14.4. The van der Waals surface area contributed by atoms with E-state index in [9.17, 15) is 9.90 Å². The molecule has 4 aliphatic rings. The van der Waals surface area contributed by atoms with Gasteiger partial charge in [-0.3, -0.25) is 4.79 Å². The van der Waals surface area contributed by atoms with Crippen molar-refractivity contribution < 1.29 is 19.2 Å². The average Bonchev–Trinajstić information content (AvgIpc) is 3.70. The smallest absolute Gasteiger partial charge is 0.317 e. The molecule has 0 radical (unpaired) electrons. The van der Waals surface area contributed by atoms with Crippen LogP contribution in [0.1, 0.15) is 94.7 Å². The highest BCUT2D eigenvalue weighted by molar-refractivity contribution is 5.78. The van der Waals surface area contributed by atoms with Gasteiger partial charge >= 0.3 is 5.97 Å². The van der Waals surface area contributed by atoms with Gasteiger partial charge in [-0.05, 0) is 130 Å². The maximum atomic E-state index is 12.5. The van der Waals surface area contributed by atoms with Crippen LogP contribution in [-0.4, -0.2) is 93.7 Å². The van der Waals surface area contributed by atoms with Crippen molar-refractivity contribution in [1.82, 2.24) is 30.2 Å². The Morgan fingerprint density at radius 3 is 2.49 bits per heavy atom. The number of allylic oxidation sites excluding steroid dienone is 1. The highest BCUT2D eigenvalue weighted by Crippen LogP contribution is 2.41. The zero-order valence-electron chi connectivity index (χ0n) is 33.6. The summed E-state index contributed by atoms with van der Waals surface area (Å²) in [6, 6.07) is 11.1. The van der Waals surface area contributed by atoms with Crippen molar-refractivity contribution in [2.45, 2.75) is 77.6 Å². The molecule has 3 aromatic heterocycles. The van der Waals surface area contributed by atoms with E-state index in [4.69, 9.17) is 25.0 Å². The molecule has 57 heavy (non-hydrogen) atoms. The van der Waals surface area contributed by atoms with Crippen LogP contribution in [0, 0.1) is 23.7 Å². The number of anilines is 3. The lowest BCUT2D eigenvalue weighted by Gasteiger charge is -2.41. The Morgan fingerprint density at radius 1 is 1.00 bits per heavy atom. The van der Waals surface area contributed by atoms with Crippen molar-refractivity contribution in [2.75, 3.05) is 68.0 Å². The molecule has 6 heterocycles. The lowest BCUT2D eigenvalue weighted by Crippen LogP contribution is -2.42. The van der Waals surface area contributed by atoms with Crippen LogP contribution in [0.3, 0.4) is 0 Å². The molecule has 13 nitrogen and oxygen atoms in total. The Morgan fingerprint density at radius 2 is 1.77 bits per heavy atom. The first-order valence-electron chi connectivity index (χ1n) is 21.0. The maximum absolute atomic E-state index is 12.5. The highest BCUT2D eigenvalue weighted by atomic mass is 16.5. The second-order valence-corrected chi connectivity index (χ2v) is 16.9. The standard InChI is InChI=1S/C44H57N9O4/c1-4-56-44(55)41(28(2)3)39-23-40(50-57-39)52-17-10-29(11-18-52)9-14-51-15-12-32(13-16-51)34-24-46-43(47-25-34)33-20-30-19-31(21-33)27-53(26-30)37-22-36(48-49-42(37)45)35-7-5-6-8-38(35)54/h5-8,20,22-25,28-32,41,54H,4,9-19,21,26-27H2,1-3H3,(H2,45,49). The fourth-order valence-corrected chi connectivity index (χ4v) is 9.55. The molecular formula is C44H57N9O4. The van der Waals surface area contributed by atoms with E-state index in [2.05, 4.69) is 48.5 Å². The topological polar surface area (TPSA) is 160 Å². The Balaban J connectivity index is 0.790. The van der Waals surface area contributed by atoms with E-state index >= 15 is 0 Å². The number of carbonyl (C=O) groups is 1. The lowest BCUT2D eigenvalue weighted by molar-refractivity contribution is -0.146. The third-order valence-electron chi connectivity index (χ3n) is 12.7. The van der Waals surface area contributed by atoms with Gasteiger partial charge in [-0.2, -0.15) is 0 Å². The number of nitrogens with two attached hydrogens (primary N) is 1. The molecule has 1 aromatic carbocycles. The van der Waals surface area contributed by atoms with Crippen LogP contribution in [0.15, 0.2) is 59.4 Å². The number of ether oxygens (including phenoxy) is 1.